The number of amides is 1. The quantitative estimate of drug-likeness (QED) is 0.428. The maximum absolute atomic E-state index is 12.2. The fourth-order valence-electron chi connectivity index (χ4n) is 4.66. The van der Waals surface area contributed by atoms with E-state index in [2.05, 4.69) is 30.4 Å². The molecular formula is C21H29N9O3. The first kappa shape index (κ1) is 21.7. The predicted octanol–water partition coefficient (Wildman–Crippen LogP) is -0.910. The van der Waals surface area contributed by atoms with Crippen molar-refractivity contribution in [2.45, 2.75) is 24.4 Å². The topological polar surface area (TPSA) is 155 Å². The van der Waals surface area contributed by atoms with Gasteiger partial charge in [0.2, 0.25) is 17.8 Å². The lowest BCUT2D eigenvalue weighted by molar-refractivity contribution is -0.123. The standard InChI is InChI=1S/C21H29N9O3/c22-19-24-10-14(11-25-19)15-9-17(27-20(26-15)29-5-7-33-8-6-29)28-21(13-31)2-4-30(12-21)16-1-3-23-18(16)32/h9-11,16,31H,1-8,12-13H2,(H,23,32)(H2,22,24,25)(H,26,27,28)/t16?,21-/m0/s1. The highest BCUT2D eigenvalue weighted by Gasteiger charge is 2.43. The molecule has 1 unspecified atom stereocenters. The van der Waals surface area contributed by atoms with Crippen LogP contribution in [0.15, 0.2) is 18.5 Å². The summed E-state index contributed by atoms with van der Waals surface area (Å²) in [5.41, 5.74) is 6.43. The van der Waals surface area contributed by atoms with Crippen molar-refractivity contribution in [3.05, 3.63) is 18.5 Å². The van der Waals surface area contributed by atoms with Crippen LogP contribution in [0.1, 0.15) is 12.8 Å². The van der Waals surface area contributed by atoms with Gasteiger partial charge in [-0.2, -0.15) is 4.98 Å². The van der Waals surface area contributed by atoms with Crippen molar-refractivity contribution in [2.75, 3.05) is 68.5 Å². The van der Waals surface area contributed by atoms with E-state index in [1.54, 1.807) is 12.4 Å². The van der Waals surface area contributed by atoms with Crippen LogP contribution in [0.4, 0.5) is 17.7 Å². The van der Waals surface area contributed by atoms with Crippen molar-refractivity contribution < 1.29 is 14.6 Å². The van der Waals surface area contributed by atoms with Crippen molar-refractivity contribution in [2.24, 2.45) is 0 Å². The van der Waals surface area contributed by atoms with E-state index in [-0.39, 0.29) is 24.5 Å². The Bertz CT molecular complexity index is 999. The maximum atomic E-state index is 12.2. The molecule has 0 bridgehead atoms. The summed E-state index contributed by atoms with van der Waals surface area (Å²) in [6.07, 6.45) is 4.76. The normalized spacial score (nSPS) is 25.9. The first-order chi connectivity index (χ1) is 16.0. The number of hydrogen-bond acceptors (Lipinski definition) is 11. The van der Waals surface area contributed by atoms with Gasteiger partial charge in [0.15, 0.2) is 0 Å². The van der Waals surface area contributed by atoms with Crippen LogP contribution >= 0.6 is 0 Å². The number of carbonyl (C=O) groups is 1. The second kappa shape index (κ2) is 9.04. The van der Waals surface area contributed by atoms with Crippen LogP contribution in [0.25, 0.3) is 11.3 Å². The number of nitrogens with zero attached hydrogens (tertiary/aromatic N) is 6. The fraction of sp³-hybridized carbons (Fsp3) is 0.571. The SMILES string of the molecule is Nc1ncc(-c2cc(N[C@@]3(CO)CCN(C4CCNC4=O)C3)nc(N3CCOCC3)n2)cn1. The van der Waals surface area contributed by atoms with Gasteiger partial charge < -0.3 is 31.1 Å². The molecule has 3 aliphatic heterocycles. The Morgan fingerprint density at radius 2 is 2.03 bits per heavy atom. The zero-order chi connectivity index (χ0) is 22.8. The molecule has 33 heavy (non-hydrogen) atoms. The van der Waals surface area contributed by atoms with Crippen LogP contribution in [0.2, 0.25) is 0 Å². The van der Waals surface area contributed by atoms with Crippen molar-refractivity contribution >= 4 is 23.6 Å². The van der Waals surface area contributed by atoms with E-state index in [1.807, 2.05) is 6.07 Å². The zero-order valence-electron chi connectivity index (χ0n) is 18.4. The molecule has 0 aromatic carbocycles. The molecule has 3 fully saturated rings. The largest absolute Gasteiger partial charge is 0.394 e. The predicted molar refractivity (Wildman–Crippen MR) is 122 cm³/mol. The van der Waals surface area contributed by atoms with Gasteiger partial charge in [-0.1, -0.05) is 0 Å². The van der Waals surface area contributed by atoms with Crippen molar-refractivity contribution in [3.8, 4) is 11.3 Å². The minimum atomic E-state index is -0.603. The van der Waals surface area contributed by atoms with E-state index in [9.17, 15) is 9.90 Å². The number of rotatable bonds is 6. The second-order valence-corrected chi connectivity index (χ2v) is 8.75. The van der Waals surface area contributed by atoms with Gasteiger partial charge in [0, 0.05) is 56.7 Å². The number of aliphatic hydroxyl groups is 1. The van der Waals surface area contributed by atoms with Crippen LogP contribution < -0.4 is 21.3 Å². The smallest absolute Gasteiger partial charge is 0.237 e. The van der Waals surface area contributed by atoms with Crippen LogP contribution in [0.3, 0.4) is 0 Å². The Morgan fingerprint density at radius 3 is 2.73 bits per heavy atom. The fourth-order valence-corrected chi connectivity index (χ4v) is 4.66. The van der Waals surface area contributed by atoms with Gasteiger partial charge in [0.1, 0.15) is 5.82 Å². The maximum Gasteiger partial charge on any atom is 0.237 e. The highest BCUT2D eigenvalue weighted by Crippen LogP contribution is 2.30. The van der Waals surface area contributed by atoms with E-state index in [0.29, 0.717) is 63.3 Å². The summed E-state index contributed by atoms with van der Waals surface area (Å²) >= 11 is 0. The van der Waals surface area contributed by atoms with Gasteiger partial charge in [-0.3, -0.25) is 9.69 Å². The molecule has 0 spiro atoms. The lowest BCUT2D eigenvalue weighted by Crippen LogP contribution is -2.48. The van der Waals surface area contributed by atoms with Crippen molar-refractivity contribution in [1.29, 1.82) is 0 Å². The van der Waals surface area contributed by atoms with Gasteiger partial charge in [-0.15, -0.1) is 0 Å². The van der Waals surface area contributed by atoms with Gasteiger partial charge in [0.25, 0.3) is 0 Å². The molecule has 5 N–H and O–H groups in total. The average molecular weight is 456 g/mol. The molecule has 5 rings (SSSR count). The van der Waals surface area contributed by atoms with Gasteiger partial charge in [-0.05, 0) is 12.8 Å². The number of nitrogens with two attached hydrogens (primary N) is 1. The highest BCUT2D eigenvalue weighted by molar-refractivity contribution is 5.83. The molecule has 176 valence electrons. The molecule has 1 amide bonds. The third-order valence-corrected chi connectivity index (χ3v) is 6.52. The number of hydrogen-bond donors (Lipinski definition) is 4. The number of likely N-dealkylation sites (tertiary alicyclic amines) is 1. The van der Waals surface area contributed by atoms with E-state index in [4.69, 9.17) is 20.4 Å². The van der Waals surface area contributed by atoms with Crippen molar-refractivity contribution in [1.82, 2.24) is 30.2 Å². The lowest BCUT2D eigenvalue weighted by atomic mass is 9.99. The Balaban J connectivity index is 1.44. The van der Waals surface area contributed by atoms with Crippen LogP contribution in [0, 0.1) is 0 Å². The minimum Gasteiger partial charge on any atom is -0.394 e. The number of aliphatic hydroxyl groups excluding tert-OH is 1. The number of nitrogens with one attached hydrogen (secondary N) is 2. The first-order valence-electron chi connectivity index (χ1n) is 11.3. The van der Waals surface area contributed by atoms with E-state index in [0.717, 1.165) is 18.5 Å². The lowest BCUT2D eigenvalue weighted by Gasteiger charge is -2.32. The summed E-state index contributed by atoms with van der Waals surface area (Å²) in [5.74, 6) is 1.44. The summed E-state index contributed by atoms with van der Waals surface area (Å²) in [4.78, 5) is 34.1. The van der Waals surface area contributed by atoms with Gasteiger partial charge in [-0.25, -0.2) is 15.0 Å². The molecule has 5 heterocycles. The number of anilines is 3. The second-order valence-electron chi connectivity index (χ2n) is 8.75. The third-order valence-electron chi connectivity index (χ3n) is 6.52. The molecule has 0 saturated carbocycles. The number of ether oxygens (including phenoxy) is 1. The monoisotopic (exact) mass is 455 g/mol. The zero-order valence-corrected chi connectivity index (χ0v) is 18.4. The summed E-state index contributed by atoms with van der Waals surface area (Å²) in [6, 6.07) is 1.69. The molecule has 12 heteroatoms. The molecule has 2 atom stereocenters. The summed E-state index contributed by atoms with van der Waals surface area (Å²) in [5, 5.41) is 16.7. The van der Waals surface area contributed by atoms with E-state index < -0.39 is 5.54 Å². The Hall–Kier alpha value is -3.09. The van der Waals surface area contributed by atoms with Gasteiger partial charge >= 0.3 is 0 Å². The van der Waals surface area contributed by atoms with E-state index >= 15 is 0 Å². The molecular weight excluding hydrogens is 426 g/mol. The summed E-state index contributed by atoms with van der Waals surface area (Å²) < 4.78 is 5.47. The molecule has 0 radical (unpaired) electrons. The molecule has 2 aromatic heterocycles. The highest BCUT2D eigenvalue weighted by atomic mass is 16.5. The summed E-state index contributed by atoms with van der Waals surface area (Å²) in [7, 11) is 0. The molecule has 3 aliphatic rings. The number of aromatic nitrogens is 4. The van der Waals surface area contributed by atoms with E-state index in [1.165, 1.54) is 0 Å². The van der Waals surface area contributed by atoms with Crippen LogP contribution in [-0.2, 0) is 9.53 Å². The molecule has 0 aliphatic carbocycles. The molecule has 2 aromatic rings. The minimum absolute atomic E-state index is 0.0611. The Labute approximate surface area is 191 Å². The number of morpholine rings is 1. The van der Waals surface area contributed by atoms with Crippen LogP contribution in [-0.4, -0.2) is 100.0 Å². The number of carbonyl (C=O) groups excluding carboxylic acids is 1. The Kier molecular flexibility index (Phi) is 5.96. The third kappa shape index (κ3) is 4.54. The summed E-state index contributed by atoms with van der Waals surface area (Å²) in [6.45, 7) is 4.51. The Morgan fingerprint density at radius 1 is 1.24 bits per heavy atom. The van der Waals surface area contributed by atoms with Crippen LogP contribution in [0.5, 0.6) is 0 Å². The van der Waals surface area contributed by atoms with Gasteiger partial charge in [0.05, 0.1) is 37.1 Å². The molecule has 3 saturated heterocycles. The average Bonchev–Trinajstić information content (AvgIpc) is 3.46. The molecule has 12 nitrogen and oxygen atoms in total. The van der Waals surface area contributed by atoms with Crippen molar-refractivity contribution in [3.63, 3.8) is 0 Å². The first-order valence-corrected chi connectivity index (χ1v) is 11.3. The number of nitrogen functional groups attached to an aromatic ring is 1.